The lowest BCUT2D eigenvalue weighted by atomic mass is 10.0. The van der Waals surface area contributed by atoms with Crippen LogP contribution in [0.4, 0.5) is 17.1 Å². The van der Waals surface area contributed by atoms with E-state index in [1.54, 1.807) is 18.2 Å². The lowest BCUT2D eigenvalue weighted by molar-refractivity contribution is 0.0990. The number of hydrogen-bond acceptors (Lipinski definition) is 5. The van der Waals surface area contributed by atoms with Crippen LogP contribution in [-0.4, -0.2) is 11.6 Å². The highest BCUT2D eigenvalue weighted by atomic mass is 35.5. The molecule has 0 atom stereocenters. The highest BCUT2D eigenvalue weighted by Crippen LogP contribution is 2.59. The number of ketones is 2. The van der Waals surface area contributed by atoms with Gasteiger partial charge in [0.1, 0.15) is 5.69 Å². The minimum absolute atomic E-state index is 0.0368. The number of ether oxygens (including phenoxy) is 2. The molecule has 7 heteroatoms. The zero-order chi connectivity index (χ0) is 23.8. The van der Waals surface area contributed by atoms with Gasteiger partial charge < -0.3 is 9.47 Å². The molecule has 0 N–H and O–H groups in total. The molecule has 35 heavy (non-hydrogen) atoms. The second kappa shape index (κ2) is 7.22. The molecule has 0 radical (unpaired) electrons. The number of rotatable bonds is 1. The molecule has 2 aliphatic heterocycles. The average molecular weight is 498 g/mol. The standard InChI is InChI=1S/C28H13Cl2NO4/c29-18-12-15-16(13-19(18)30)28(33)17(27(15)32)9-14-10-24-26-25(11-14)35-23-8-4-2-6-21(23)31(26)20-5-1-3-7-22(20)34-24/h1-13H. The van der Waals surface area contributed by atoms with Crippen molar-refractivity contribution in [2.24, 2.45) is 0 Å². The number of anilines is 3. The molecule has 4 aromatic carbocycles. The number of hydrogen-bond donors (Lipinski definition) is 0. The number of allylic oxidation sites excluding steroid dienone is 1. The largest absolute Gasteiger partial charge is 0.453 e. The summed E-state index contributed by atoms with van der Waals surface area (Å²) in [7, 11) is 0. The first-order chi connectivity index (χ1) is 17.0. The SMILES string of the molecule is O=C1C(=Cc2cc3c4c(c2)Oc2ccccc2N4c2ccccc2O3)C(=O)c2cc(Cl)c(Cl)cc21. The van der Waals surface area contributed by atoms with Crippen molar-refractivity contribution in [3.8, 4) is 23.0 Å². The Kier molecular flexibility index (Phi) is 4.19. The molecular formula is C28H13Cl2NO4. The molecule has 3 aliphatic rings. The number of carbonyl (C=O) groups excluding carboxylic acids is 2. The summed E-state index contributed by atoms with van der Waals surface area (Å²) in [6.45, 7) is 0. The van der Waals surface area contributed by atoms with E-state index < -0.39 is 11.6 Å². The second-order valence-corrected chi connectivity index (χ2v) is 9.18. The Labute approximate surface area is 209 Å². The van der Waals surface area contributed by atoms with E-state index >= 15 is 0 Å². The summed E-state index contributed by atoms with van der Waals surface area (Å²) in [6.07, 6.45) is 1.56. The minimum Gasteiger partial charge on any atom is -0.453 e. The molecule has 0 aromatic heterocycles. The fourth-order valence-corrected chi connectivity index (χ4v) is 5.07. The number of carbonyl (C=O) groups is 2. The summed E-state index contributed by atoms with van der Waals surface area (Å²) in [6, 6.07) is 22.0. The molecule has 0 amide bonds. The minimum atomic E-state index is -0.394. The van der Waals surface area contributed by atoms with Crippen LogP contribution in [0.3, 0.4) is 0 Å². The molecule has 2 heterocycles. The predicted molar refractivity (Wildman–Crippen MR) is 134 cm³/mol. The van der Waals surface area contributed by atoms with E-state index in [0.29, 0.717) is 28.6 Å². The number of benzene rings is 4. The first kappa shape index (κ1) is 20.3. The van der Waals surface area contributed by atoms with Gasteiger partial charge in [0.2, 0.25) is 0 Å². The number of halogens is 2. The number of para-hydroxylation sites is 4. The Balaban J connectivity index is 1.39. The van der Waals surface area contributed by atoms with Crippen LogP contribution in [0, 0.1) is 0 Å². The zero-order valence-corrected chi connectivity index (χ0v) is 19.4. The lowest BCUT2D eigenvalue weighted by Gasteiger charge is -2.37. The van der Waals surface area contributed by atoms with E-state index in [1.807, 2.05) is 48.5 Å². The van der Waals surface area contributed by atoms with Gasteiger partial charge in [-0.15, -0.1) is 0 Å². The molecule has 0 saturated carbocycles. The molecule has 0 spiro atoms. The summed E-state index contributed by atoms with van der Waals surface area (Å²) < 4.78 is 12.5. The molecule has 4 aromatic rings. The molecule has 5 nitrogen and oxygen atoms in total. The topological polar surface area (TPSA) is 55.8 Å². The van der Waals surface area contributed by atoms with Crippen LogP contribution in [0.25, 0.3) is 6.08 Å². The molecular weight excluding hydrogens is 485 g/mol. The van der Waals surface area contributed by atoms with E-state index in [9.17, 15) is 9.59 Å². The van der Waals surface area contributed by atoms with Crippen molar-refractivity contribution in [3.05, 3.63) is 105 Å². The maximum atomic E-state index is 13.0. The summed E-state index contributed by atoms with van der Waals surface area (Å²) >= 11 is 12.2. The summed E-state index contributed by atoms with van der Waals surface area (Å²) in [4.78, 5) is 28.2. The van der Waals surface area contributed by atoms with Gasteiger partial charge in [-0.2, -0.15) is 0 Å². The third kappa shape index (κ3) is 2.89. The van der Waals surface area contributed by atoms with Crippen LogP contribution in [0.15, 0.2) is 78.4 Å². The molecule has 7 rings (SSSR count). The summed E-state index contributed by atoms with van der Waals surface area (Å²) in [5.74, 6) is 1.71. The fraction of sp³-hybridized carbons (Fsp3) is 0. The highest BCUT2D eigenvalue weighted by molar-refractivity contribution is 6.46. The predicted octanol–water partition coefficient (Wildman–Crippen LogP) is 8.14. The highest BCUT2D eigenvalue weighted by Gasteiger charge is 2.36. The zero-order valence-electron chi connectivity index (χ0n) is 17.8. The first-order valence-electron chi connectivity index (χ1n) is 10.8. The summed E-state index contributed by atoms with van der Waals surface area (Å²) in [5, 5.41) is 0.454. The Hall–Kier alpha value is -4.06. The van der Waals surface area contributed by atoms with Crippen molar-refractivity contribution in [2.75, 3.05) is 4.90 Å². The Morgan fingerprint density at radius 1 is 0.657 bits per heavy atom. The van der Waals surface area contributed by atoms with Crippen LogP contribution in [0.5, 0.6) is 23.0 Å². The number of Topliss-reactive ketones (excluding diaryl/α,β-unsaturated/α-hetero) is 2. The van der Waals surface area contributed by atoms with Crippen molar-refractivity contribution in [1.82, 2.24) is 0 Å². The van der Waals surface area contributed by atoms with Crippen molar-refractivity contribution < 1.29 is 19.1 Å². The normalized spacial score (nSPS) is 14.5. The monoisotopic (exact) mass is 497 g/mol. The van der Waals surface area contributed by atoms with Crippen molar-refractivity contribution in [1.29, 1.82) is 0 Å². The second-order valence-electron chi connectivity index (χ2n) is 8.37. The van der Waals surface area contributed by atoms with E-state index in [0.717, 1.165) is 17.1 Å². The fourth-order valence-electron chi connectivity index (χ4n) is 4.74. The van der Waals surface area contributed by atoms with E-state index in [2.05, 4.69) is 4.90 Å². The number of fused-ring (bicyclic) bond motifs is 5. The molecule has 0 fully saturated rings. The average Bonchev–Trinajstić information content (AvgIpc) is 3.08. The Bertz CT molecular complexity index is 1560. The number of nitrogens with zero attached hydrogens (tertiary/aromatic N) is 1. The molecule has 0 unspecified atom stereocenters. The molecule has 1 aliphatic carbocycles. The smallest absolute Gasteiger partial charge is 0.197 e. The summed E-state index contributed by atoms with van der Waals surface area (Å²) in [5.41, 5.74) is 3.68. The van der Waals surface area contributed by atoms with E-state index in [4.69, 9.17) is 32.7 Å². The van der Waals surface area contributed by atoms with Gasteiger partial charge in [-0.05, 0) is 60.2 Å². The van der Waals surface area contributed by atoms with E-state index in [-0.39, 0.29) is 26.7 Å². The van der Waals surface area contributed by atoms with Gasteiger partial charge in [-0.1, -0.05) is 47.5 Å². The van der Waals surface area contributed by atoms with Gasteiger partial charge in [0.15, 0.2) is 34.6 Å². The van der Waals surface area contributed by atoms with Crippen LogP contribution in [0.1, 0.15) is 26.3 Å². The maximum Gasteiger partial charge on any atom is 0.197 e. The van der Waals surface area contributed by atoms with Crippen molar-refractivity contribution in [2.45, 2.75) is 0 Å². The quantitative estimate of drug-likeness (QED) is 0.169. The van der Waals surface area contributed by atoms with Crippen LogP contribution in [0.2, 0.25) is 10.0 Å². The molecule has 168 valence electrons. The third-order valence-corrected chi connectivity index (χ3v) is 7.01. The van der Waals surface area contributed by atoms with Crippen LogP contribution in [-0.2, 0) is 0 Å². The maximum absolute atomic E-state index is 13.0. The van der Waals surface area contributed by atoms with Gasteiger partial charge in [0.05, 0.1) is 27.0 Å². The Morgan fingerprint density at radius 2 is 1.14 bits per heavy atom. The van der Waals surface area contributed by atoms with Gasteiger partial charge in [-0.25, -0.2) is 0 Å². The Morgan fingerprint density at radius 3 is 1.66 bits per heavy atom. The first-order valence-corrected chi connectivity index (χ1v) is 11.6. The van der Waals surface area contributed by atoms with Gasteiger partial charge in [-0.3, -0.25) is 14.5 Å². The van der Waals surface area contributed by atoms with E-state index in [1.165, 1.54) is 12.1 Å². The molecule has 0 saturated heterocycles. The molecule has 0 bridgehead atoms. The van der Waals surface area contributed by atoms with Gasteiger partial charge in [0, 0.05) is 11.1 Å². The van der Waals surface area contributed by atoms with Gasteiger partial charge in [0.25, 0.3) is 0 Å². The van der Waals surface area contributed by atoms with Crippen LogP contribution < -0.4 is 14.4 Å². The van der Waals surface area contributed by atoms with Crippen molar-refractivity contribution in [3.63, 3.8) is 0 Å². The third-order valence-electron chi connectivity index (χ3n) is 6.29. The van der Waals surface area contributed by atoms with Crippen LogP contribution >= 0.6 is 23.2 Å². The van der Waals surface area contributed by atoms with Crippen molar-refractivity contribution >= 4 is 57.9 Å². The lowest BCUT2D eigenvalue weighted by Crippen LogP contribution is -2.20. The van der Waals surface area contributed by atoms with Gasteiger partial charge >= 0.3 is 0 Å².